The Balaban J connectivity index is 2.17. The maximum atomic E-state index is 14.0. The summed E-state index contributed by atoms with van der Waals surface area (Å²) in [5.74, 6) is -0.914. The summed E-state index contributed by atoms with van der Waals surface area (Å²) < 4.78 is 27.1. The molecule has 0 radical (unpaired) electrons. The molecule has 0 unspecified atom stereocenters. The summed E-state index contributed by atoms with van der Waals surface area (Å²) in [6, 6.07) is 3.40. The van der Waals surface area contributed by atoms with Gasteiger partial charge in [-0.25, -0.2) is 13.8 Å². The molecule has 0 amide bonds. The SMILES string of the molecule is CCCNc1nc(-c2ccc(F)cc2F)c2cn[nH]c2n1. The molecule has 2 heterocycles. The van der Waals surface area contributed by atoms with Crippen LogP contribution in [0.15, 0.2) is 24.4 Å². The lowest BCUT2D eigenvalue weighted by atomic mass is 10.1. The third kappa shape index (κ3) is 2.54. The van der Waals surface area contributed by atoms with Crippen molar-refractivity contribution in [3.63, 3.8) is 0 Å². The predicted molar refractivity (Wildman–Crippen MR) is 75.8 cm³/mol. The number of rotatable bonds is 4. The summed E-state index contributed by atoms with van der Waals surface area (Å²) in [6.07, 6.45) is 2.43. The van der Waals surface area contributed by atoms with E-state index in [1.54, 1.807) is 0 Å². The van der Waals surface area contributed by atoms with Crippen LogP contribution in [-0.4, -0.2) is 26.7 Å². The van der Waals surface area contributed by atoms with Crippen LogP contribution in [0.3, 0.4) is 0 Å². The molecular weight excluding hydrogens is 276 g/mol. The maximum Gasteiger partial charge on any atom is 0.225 e. The van der Waals surface area contributed by atoms with Gasteiger partial charge in [0.2, 0.25) is 5.95 Å². The third-order valence-electron chi connectivity index (χ3n) is 3.03. The number of aromatic amines is 1. The predicted octanol–water partition coefficient (Wildman–Crippen LogP) is 3.12. The van der Waals surface area contributed by atoms with Gasteiger partial charge in [0, 0.05) is 18.2 Å². The molecule has 0 saturated carbocycles. The minimum absolute atomic E-state index is 0.213. The number of halogens is 2. The minimum atomic E-state index is -0.669. The molecule has 0 saturated heterocycles. The van der Waals surface area contributed by atoms with E-state index in [0.717, 1.165) is 12.5 Å². The van der Waals surface area contributed by atoms with Gasteiger partial charge >= 0.3 is 0 Å². The molecule has 3 rings (SSSR count). The number of hydrogen-bond acceptors (Lipinski definition) is 4. The molecule has 2 aromatic heterocycles. The number of anilines is 1. The molecule has 5 nitrogen and oxygen atoms in total. The van der Waals surface area contributed by atoms with E-state index in [9.17, 15) is 8.78 Å². The van der Waals surface area contributed by atoms with Gasteiger partial charge in [-0.2, -0.15) is 10.1 Å². The summed E-state index contributed by atoms with van der Waals surface area (Å²) in [7, 11) is 0. The lowest BCUT2D eigenvalue weighted by Crippen LogP contribution is -2.05. The van der Waals surface area contributed by atoms with Crippen molar-refractivity contribution in [3.8, 4) is 11.3 Å². The molecule has 7 heteroatoms. The number of hydrogen-bond donors (Lipinski definition) is 2. The first-order valence-corrected chi connectivity index (χ1v) is 6.59. The van der Waals surface area contributed by atoms with Gasteiger partial charge in [0.15, 0.2) is 5.65 Å². The third-order valence-corrected chi connectivity index (χ3v) is 3.03. The van der Waals surface area contributed by atoms with Crippen LogP contribution in [0.2, 0.25) is 0 Å². The molecule has 1 aromatic carbocycles. The van der Waals surface area contributed by atoms with Gasteiger partial charge in [0.1, 0.15) is 11.6 Å². The van der Waals surface area contributed by atoms with E-state index in [1.807, 2.05) is 6.92 Å². The van der Waals surface area contributed by atoms with Crippen molar-refractivity contribution in [2.45, 2.75) is 13.3 Å². The highest BCUT2D eigenvalue weighted by Crippen LogP contribution is 2.28. The Labute approximate surface area is 119 Å². The molecule has 0 spiro atoms. The van der Waals surface area contributed by atoms with Gasteiger partial charge in [-0.05, 0) is 18.6 Å². The first kappa shape index (κ1) is 13.4. The van der Waals surface area contributed by atoms with E-state index in [1.165, 1.54) is 18.3 Å². The van der Waals surface area contributed by atoms with Crippen LogP contribution in [0.4, 0.5) is 14.7 Å². The Bertz CT molecular complexity index is 784. The van der Waals surface area contributed by atoms with E-state index < -0.39 is 11.6 Å². The van der Waals surface area contributed by atoms with Crippen LogP contribution in [-0.2, 0) is 0 Å². The fourth-order valence-electron chi connectivity index (χ4n) is 2.04. The van der Waals surface area contributed by atoms with Crippen molar-refractivity contribution in [2.24, 2.45) is 0 Å². The van der Waals surface area contributed by atoms with Crippen LogP contribution < -0.4 is 5.32 Å². The lowest BCUT2D eigenvalue weighted by molar-refractivity contribution is 0.585. The number of benzene rings is 1. The quantitative estimate of drug-likeness (QED) is 0.774. The summed E-state index contributed by atoms with van der Waals surface area (Å²) in [4.78, 5) is 8.60. The van der Waals surface area contributed by atoms with E-state index in [4.69, 9.17) is 0 Å². The van der Waals surface area contributed by atoms with Crippen molar-refractivity contribution >= 4 is 17.0 Å². The molecule has 0 aliphatic heterocycles. The van der Waals surface area contributed by atoms with Gasteiger partial charge < -0.3 is 5.32 Å². The van der Waals surface area contributed by atoms with Gasteiger partial charge in [0.05, 0.1) is 17.3 Å². The number of aromatic nitrogens is 4. The zero-order chi connectivity index (χ0) is 14.8. The second-order valence-corrected chi connectivity index (χ2v) is 4.58. The van der Waals surface area contributed by atoms with Gasteiger partial charge in [0.25, 0.3) is 0 Å². The second-order valence-electron chi connectivity index (χ2n) is 4.58. The number of nitrogens with zero attached hydrogens (tertiary/aromatic N) is 3. The van der Waals surface area contributed by atoms with Gasteiger partial charge in [-0.3, -0.25) is 5.10 Å². The first-order valence-electron chi connectivity index (χ1n) is 6.59. The van der Waals surface area contributed by atoms with Crippen LogP contribution in [0, 0.1) is 11.6 Å². The van der Waals surface area contributed by atoms with Crippen LogP contribution >= 0.6 is 0 Å². The Morgan fingerprint density at radius 2 is 2.10 bits per heavy atom. The molecule has 21 heavy (non-hydrogen) atoms. The van der Waals surface area contributed by atoms with Crippen molar-refractivity contribution in [1.29, 1.82) is 0 Å². The first-order chi connectivity index (χ1) is 10.2. The van der Waals surface area contributed by atoms with E-state index in [0.29, 0.717) is 29.2 Å². The van der Waals surface area contributed by atoms with Gasteiger partial charge in [-0.15, -0.1) is 0 Å². The minimum Gasteiger partial charge on any atom is -0.354 e. The summed E-state index contributed by atoms with van der Waals surface area (Å²) in [5, 5.41) is 10.3. The highest BCUT2D eigenvalue weighted by Gasteiger charge is 2.15. The smallest absolute Gasteiger partial charge is 0.225 e. The van der Waals surface area contributed by atoms with Crippen LogP contribution in [0.1, 0.15) is 13.3 Å². The largest absolute Gasteiger partial charge is 0.354 e. The molecule has 0 fully saturated rings. The molecule has 0 aliphatic carbocycles. The summed E-state index contributed by atoms with van der Waals surface area (Å²) in [6.45, 7) is 2.72. The average molecular weight is 289 g/mol. The molecule has 0 atom stereocenters. The fourth-order valence-corrected chi connectivity index (χ4v) is 2.04. The Hall–Kier alpha value is -2.57. The Morgan fingerprint density at radius 1 is 1.24 bits per heavy atom. The van der Waals surface area contributed by atoms with Crippen LogP contribution in [0.5, 0.6) is 0 Å². The number of fused-ring (bicyclic) bond motifs is 1. The Morgan fingerprint density at radius 3 is 2.86 bits per heavy atom. The van der Waals surface area contributed by atoms with E-state index in [-0.39, 0.29) is 5.56 Å². The topological polar surface area (TPSA) is 66.5 Å². The fraction of sp³-hybridized carbons (Fsp3) is 0.214. The average Bonchev–Trinajstić information content (AvgIpc) is 2.93. The Kier molecular flexibility index (Phi) is 3.47. The number of nitrogens with one attached hydrogen (secondary N) is 2. The highest BCUT2D eigenvalue weighted by molar-refractivity contribution is 5.90. The van der Waals surface area contributed by atoms with Crippen molar-refractivity contribution < 1.29 is 8.78 Å². The molecule has 0 bridgehead atoms. The normalized spacial score (nSPS) is 11.0. The zero-order valence-corrected chi connectivity index (χ0v) is 11.3. The highest BCUT2D eigenvalue weighted by atomic mass is 19.1. The molecule has 0 aliphatic rings. The second kappa shape index (κ2) is 5.43. The number of H-pyrrole nitrogens is 1. The van der Waals surface area contributed by atoms with Gasteiger partial charge in [-0.1, -0.05) is 6.92 Å². The molecule has 108 valence electrons. The molecule has 3 aromatic rings. The zero-order valence-electron chi connectivity index (χ0n) is 11.3. The van der Waals surface area contributed by atoms with Crippen molar-refractivity contribution in [1.82, 2.24) is 20.2 Å². The maximum absolute atomic E-state index is 14.0. The van der Waals surface area contributed by atoms with Crippen molar-refractivity contribution in [3.05, 3.63) is 36.0 Å². The monoisotopic (exact) mass is 289 g/mol. The van der Waals surface area contributed by atoms with Crippen molar-refractivity contribution in [2.75, 3.05) is 11.9 Å². The summed E-state index contributed by atoms with van der Waals surface area (Å²) in [5.41, 5.74) is 1.09. The van der Waals surface area contributed by atoms with Crippen LogP contribution in [0.25, 0.3) is 22.3 Å². The standard InChI is InChI=1S/C14H13F2N5/c1-2-5-17-14-19-12(10-7-18-21-13(10)20-14)9-4-3-8(15)6-11(9)16/h3-4,6-7H,2,5H2,1H3,(H2,17,18,19,20,21). The summed E-state index contributed by atoms with van der Waals surface area (Å²) >= 11 is 0. The molecular formula is C14H13F2N5. The van der Waals surface area contributed by atoms with E-state index >= 15 is 0 Å². The molecule has 2 N–H and O–H groups in total. The lowest BCUT2D eigenvalue weighted by Gasteiger charge is -2.08. The van der Waals surface area contributed by atoms with E-state index in [2.05, 4.69) is 25.5 Å².